The molecule has 0 aromatic heterocycles. The van der Waals surface area contributed by atoms with Gasteiger partial charge in [-0.2, -0.15) is 0 Å². The van der Waals surface area contributed by atoms with Crippen molar-refractivity contribution in [2.75, 3.05) is 39.7 Å². The van der Waals surface area contributed by atoms with Crippen molar-refractivity contribution < 1.29 is 18.1 Å². The first-order chi connectivity index (χ1) is 9.01. The summed E-state index contributed by atoms with van der Waals surface area (Å²) in [6, 6.07) is 0.760. The summed E-state index contributed by atoms with van der Waals surface area (Å²) in [4.78, 5) is 13.0. The van der Waals surface area contributed by atoms with Crippen molar-refractivity contribution in [2.45, 2.75) is 33.2 Å². The Balaban J connectivity index is 4.20. The molecule has 5 nitrogen and oxygen atoms in total. The van der Waals surface area contributed by atoms with Gasteiger partial charge in [0.15, 0.2) is 0 Å². The van der Waals surface area contributed by atoms with E-state index in [9.17, 15) is 4.79 Å². The van der Waals surface area contributed by atoms with Crippen molar-refractivity contribution in [3.8, 4) is 0 Å². The van der Waals surface area contributed by atoms with Crippen molar-refractivity contribution in [1.82, 2.24) is 4.90 Å². The molecule has 0 atom stereocenters. The van der Waals surface area contributed by atoms with Crippen molar-refractivity contribution in [2.24, 2.45) is 0 Å². The molecule has 0 aromatic rings. The number of rotatable bonds is 10. The van der Waals surface area contributed by atoms with E-state index in [4.69, 9.17) is 13.3 Å². The van der Waals surface area contributed by atoms with Gasteiger partial charge in [0.2, 0.25) is 0 Å². The first-order valence-corrected chi connectivity index (χ1v) is 9.69. The zero-order chi connectivity index (χ0) is 14.7. The third kappa shape index (κ3) is 7.94. The maximum atomic E-state index is 11.5. The van der Waals surface area contributed by atoms with Crippen molar-refractivity contribution in [1.29, 1.82) is 0 Å². The maximum Gasteiger partial charge on any atom is 0.500 e. The topological polar surface area (TPSA) is 48.0 Å². The highest BCUT2D eigenvalue weighted by molar-refractivity contribution is 8.13. The average Bonchev–Trinajstić information content (AvgIpc) is 2.35. The number of nitrogens with zero attached hydrogens (tertiary/aromatic N) is 1. The molecule has 0 unspecified atom stereocenters. The van der Waals surface area contributed by atoms with Gasteiger partial charge in [-0.1, -0.05) is 11.8 Å². The fraction of sp³-hybridized carbons (Fsp3) is 0.917. The van der Waals surface area contributed by atoms with E-state index in [2.05, 4.69) is 0 Å². The van der Waals surface area contributed by atoms with Crippen molar-refractivity contribution in [3.63, 3.8) is 0 Å². The first-order valence-electron chi connectivity index (χ1n) is 6.77. The van der Waals surface area contributed by atoms with Crippen LogP contribution in [0.4, 0.5) is 4.79 Å². The monoisotopic (exact) mass is 309 g/mol. The van der Waals surface area contributed by atoms with Crippen LogP contribution in [0.1, 0.15) is 27.2 Å². The molecule has 1 amide bonds. The molecule has 0 aromatic carbocycles. The molecule has 0 fully saturated rings. The molecular weight excluding hydrogens is 282 g/mol. The first kappa shape index (κ1) is 18.9. The van der Waals surface area contributed by atoms with Gasteiger partial charge in [0.25, 0.3) is 5.24 Å². The van der Waals surface area contributed by atoms with Gasteiger partial charge in [0.05, 0.1) is 0 Å². The number of carbonyl (C=O) groups is 1. The smallest absolute Gasteiger partial charge is 0.374 e. The van der Waals surface area contributed by atoms with Crippen LogP contribution in [0, 0.1) is 0 Å². The molecule has 0 bridgehead atoms. The van der Waals surface area contributed by atoms with Gasteiger partial charge < -0.3 is 18.2 Å². The SMILES string of the molecule is CCO[Si](CCCSC(=O)N(C)C)(OCC)OCC. The molecular formula is C12H27NO4SSi. The van der Waals surface area contributed by atoms with Crippen LogP contribution in [-0.2, 0) is 13.3 Å². The van der Waals surface area contributed by atoms with Gasteiger partial charge >= 0.3 is 8.80 Å². The maximum absolute atomic E-state index is 11.5. The Morgan fingerprint density at radius 3 is 1.89 bits per heavy atom. The predicted octanol–water partition coefficient (Wildman–Crippen LogP) is 2.84. The second-order valence-corrected chi connectivity index (χ2v) is 7.87. The summed E-state index contributed by atoms with van der Waals surface area (Å²) < 4.78 is 17.3. The highest BCUT2D eigenvalue weighted by atomic mass is 32.2. The van der Waals surface area contributed by atoms with Crippen LogP contribution >= 0.6 is 11.8 Å². The molecule has 0 aliphatic carbocycles. The van der Waals surface area contributed by atoms with Gasteiger partial charge in [-0.15, -0.1) is 0 Å². The van der Waals surface area contributed by atoms with Crippen LogP contribution < -0.4 is 0 Å². The number of amides is 1. The molecule has 0 N–H and O–H groups in total. The van der Waals surface area contributed by atoms with Gasteiger partial charge in [0, 0.05) is 45.7 Å². The molecule has 0 aliphatic rings. The zero-order valence-electron chi connectivity index (χ0n) is 12.7. The summed E-state index contributed by atoms with van der Waals surface area (Å²) in [5.41, 5.74) is 0. The summed E-state index contributed by atoms with van der Waals surface area (Å²) in [5.74, 6) is 0.763. The second kappa shape index (κ2) is 10.7. The van der Waals surface area contributed by atoms with E-state index in [-0.39, 0.29) is 5.24 Å². The second-order valence-electron chi connectivity index (χ2n) is 4.09. The standard InChI is InChI=1S/C12H27NO4SSi/c1-6-15-19(16-7-2,17-8-3)11-9-10-18-12(14)13(4)5/h6-11H2,1-5H3. The van der Waals surface area contributed by atoms with Crippen LogP contribution in [0.3, 0.4) is 0 Å². The summed E-state index contributed by atoms with van der Waals surface area (Å²) in [6.45, 7) is 7.63. The van der Waals surface area contributed by atoms with Crippen LogP contribution in [0.5, 0.6) is 0 Å². The molecule has 114 valence electrons. The summed E-state index contributed by atoms with van der Waals surface area (Å²) >= 11 is 1.32. The Kier molecular flexibility index (Phi) is 10.6. The van der Waals surface area contributed by atoms with E-state index in [1.165, 1.54) is 11.8 Å². The van der Waals surface area contributed by atoms with Crippen molar-refractivity contribution in [3.05, 3.63) is 0 Å². The lowest BCUT2D eigenvalue weighted by Gasteiger charge is -2.28. The normalized spacial score (nSPS) is 11.6. The minimum absolute atomic E-state index is 0.0801. The van der Waals surface area contributed by atoms with E-state index in [1.54, 1.807) is 19.0 Å². The number of hydrogen-bond acceptors (Lipinski definition) is 5. The molecule has 19 heavy (non-hydrogen) atoms. The summed E-state index contributed by atoms with van der Waals surface area (Å²) in [5, 5.41) is 0.0801. The molecule has 0 saturated heterocycles. The Morgan fingerprint density at radius 2 is 1.53 bits per heavy atom. The highest BCUT2D eigenvalue weighted by Gasteiger charge is 2.39. The zero-order valence-corrected chi connectivity index (χ0v) is 14.5. The van der Waals surface area contributed by atoms with E-state index >= 15 is 0 Å². The average molecular weight is 310 g/mol. The largest absolute Gasteiger partial charge is 0.500 e. The van der Waals surface area contributed by atoms with Crippen LogP contribution in [-0.4, -0.2) is 58.6 Å². The third-order valence-electron chi connectivity index (χ3n) is 2.31. The van der Waals surface area contributed by atoms with Gasteiger partial charge in [-0.05, 0) is 27.2 Å². The van der Waals surface area contributed by atoms with Crippen molar-refractivity contribution >= 4 is 25.8 Å². The molecule has 0 spiro atoms. The third-order valence-corrected chi connectivity index (χ3v) is 6.57. The van der Waals surface area contributed by atoms with Gasteiger partial charge in [-0.25, -0.2) is 0 Å². The number of hydrogen-bond donors (Lipinski definition) is 0. The lowest BCUT2D eigenvalue weighted by molar-refractivity contribution is 0.0712. The fourth-order valence-electron chi connectivity index (χ4n) is 1.58. The molecule has 7 heteroatoms. The minimum atomic E-state index is -2.53. The molecule has 0 heterocycles. The lowest BCUT2D eigenvalue weighted by atomic mass is 10.6. The van der Waals surface area contributed by atoms with Crippen LogP contribution in [0.25, 0.3) is 0 Å². The van der Waals surface area contributed by atoms with Crippen LogP contribution in [0.2, 0.25) is 6.04 Å². The number of thioether (sulfide) groups is 1. The Hall–Kier alpha value is -0.0831. The quantitative estimate of drug-likeness (QED) is 0.459. The van der Waals surface area contributed by atoms with Gasteiger partial charge in [-0.3, -0.25) is 4.79 Å². The number of carbonyl (C=O) groups excluding carboxylic acids is 1. The van der Waals surface area contributed by atoms with E-state index < -0.39 is 8.80 Å². The van der Waals surface area contributed by atoms with E-state index in [0.717, 1.165) is 18.2 Å². The Bertz CT molecular complexity index is 237. The summed E-state index contributed by atoms with van der Waals surface area (Å²) in [6.07, 6.45) is 0.858. The van der Waals surface area contributed by atoms with Gasteiger partial charge in [0.1, 0.15) is 0 Å². The van der Waals surface area contributed by atoms with E-state index in [0.29, 0.717) is 19.8 Å². The molecule has 0 saturated carbocycles. The molecule has 0 rings (SSSR count). The summed E-state index contributed by atoms with van der Waals surface area (Å²) in [7, 11) is 0.985. The fourth-order valence-corrected chi connectivity index (χ4v) is 5.17. The molecule has 0 radical (unpaired) electrons. The Morgan fingerprint density at radius 1 is 1.05 bits per heavy atom. The highest BCUT2D eigenvalue weighted by Crippen LogP contribution is 2.20. The molecule has 0 aliphatic heterocycles. The minimum Gasteiger partial charge on any atom is -0.374 e. The van der Waals surface area contributed by atoms with E-state index in [1.807, 2.05) is 20.8 Å². The lowest BCUT2D eigenvalue weighted by Crippen LogP contribution is -2.46. The predicted molar refractivity (Wildman–Crippen MR) is 81.6 cm³/mol. The van der Waals surface area contributed by atoms with Crippen LogP contribution in [0.15, 0.2) is 0 Å². The Labute approximate surface area is 122 Å².